The summed E-state index contributed by atoms with van der Waals surface area (Å²) < 4.78 is 0. The summed E-state index contributed by atoms with van der Waals surface area (Å²) >= 11 is 0. The maximum Gasteiger partial charge on any atom is 0.320 e. The normalized spacial score (nSPS) is 12.1. The molecule has 1 rings (SSSR count). The third-order valence-electron chi connectivity index (χ3n) is 2.10. The number of ketones is 1. The summed E-state index contributed by atoms with van der Waals surface area (Å²) in [4.78, 5) is 22.0. The molecule has 1 aromatic rings. The molecule has 0 saturated carbocycles. The molecule has 0 aliphatic rings. The lowest BCUT2D eigenvalue weighted by atomic mass is 10.0. The first-order valence-electron chi connectivity index (χ1n) is 4.59. The second kappa shape index (κ2) is 4.70. The fourth-order valence-corrected chi connectivity index (χ4v) is 1.14. The van der Waals surface area contributed by atoms with Gasteiger partial charge >= 0.3 is 5.97 Å². The standard InChI is InChI=1S/C11H13NO3/c1-7-2-4-8(5-3-7)10(13)6-9(12)11(14)15/h2-5,9H,6,12H2,1H3,(H,14,15)/t9-/m1/s1. The Bertz CT molecular complexity index is 370. The van der Waals surface area contributed by atoms with Gasteiger partial charge in [-0.2, -0.15) is 0 Å². The van der Waals surface area contributed by atoms with Gasteiger partial charge in [-0.1, -0.05) is 29.8 Å². The van der Waals surface area contributed by atoms with Gasteiger partial charge in [0, 0.05) is 12.0 Å². The van der Waals surface area contributed by atoms with E-state index < -0.39 is 12.0 Å². The van der Waals surface area contributed by atoms with Crippen LogP contribution in [-0.2, 0) is 4.79 Å². The molecule has 0 amide bonds. The molecule has 0 aliphatic heterocycles. The summed E-state index contributed by atoms with van der Waals surface area (Å²) in [6.07, 6.45) is -0.168. The van der Waals surface area contributed by atoms with E-state index in [4.69, 9.17) is 10.8 Å². The van der Waals surface area contributed by atoms with Crippen molar-refractivity contribution >= 4 is 11.8 Å². The van der Waals surface area contributed by atoms with E-state index in [9.17, 15) is 9.59 Å². The van der Waals surface area contributed by atoms with Crippen LogP contribution >= 0.6 is 0 Å². The van der Waals surface area contributed by atoms with Crippen LogP contribution in [0.15, 0.2) is 24.3 Å². The number of aliphatic carboxylic acids is 1. The number of carbonyl (C=O) groups excluding carboxylic acids is 1. The summed E-state index contributed by atoms with van der Waals surface area (Å²) in [5, 5.41) is 8.54. The van der Waals surface area contributed by atoms with Gasteiger partial charge in [-0.25, -0.2) is 0 Å². The Morgan fingerprint density at radius 2 is 1.87 bits per heavy atom. The van der Waals surface area contributed by atoms with Crippen LogP contribution in [0.3, 0.4) is 0 Å². The average molecular weight is 207 g/mol. The molecule has 80 valence electrons. The maximum absolute atomic E-state index is 11.5. The highest BCUT2D eigenvalue weighted by atomic mass is 16.4. The van der Waals surface area contributed by atoms with Crippen LogP contribution in [0.25, 0.3) is 0 Å². The zero-order valence-electron chi connectivity index (χ0n) is 8.43. The fourth-order valence-electron chi connectivity index (χ4n) is 1.14. The molecule has 4 nitrogen and oxygen atoms in total. The number of hydrogen-bond acceptors (Lipinski definition) is 3. The first-order valence-corrected chi connectivity index (χ1v) is 4.59. The molecule has 3 N–H and O–H groups in total. The van der Waals surface area contributed by atoms with Crippen LogP contribution in [-0.4, -0.2) is 22.9 Å². The molecule has 1 atom stereocenters. The number of benzene rings is 1. The van der Waals surface area contributed by atoms with E-state index in [1.54, 1.807) is 24.3 Å². The third kappa shape index (κ3) is 3.18. The van der Waals surface area contributed by atoms with Gasteiger partial charge in [-0.05, 0) is 6.92 Å². The van der Waals surface area contributed by atoms with Gasteiger partial charge in [-0.15, -0.1) is 0 Å². The lowest BCUT2D eigenvalue weighted by molar-refractivity contribution is -0.138. The molecule has 0 aliphatic carbocycles. The lowest BCUT2D eigenvalue weighted by Gasteiger charge is -2.05. The Kier molecular flexibility index (Phi) is 3.57. The van der Waals surface area contributed by atoms with E-state index >= 15 is 0 Å². The number of carboxylic acids is 1. The molecule has 0 aromatic heterocycles. The predicted molar refractivity (Wildman–Crippen MR) is 55.7 cm³/mol. The van der Waals surface area contributed by atoms with Gasteiger partial charge in [0.05, 0.1) is 0 Å². The van der Waals surface area contributed by atoms with Crippen LogP contribution < -0.4 is 5.73 Å². The molecule has 0 saturated heterocycles. The quantitative estimate of drug-likeness (QED) is 0.721. The first kappa shape index (κ1) is 11.4. The molecule has 1 aromatic carbocycles. The van der Waals surface area contributed by atoms with Gasteiger partial charge in [0.2, 0.25) is 0 Å². The molecule has 0 spiro atoms. The van der Waals surface area contributed by atoms with Crippen molar-refractivity contribution in [3.63, 3.8) is 0 Å². The van der Waals surface area contributed by atoms with Gasteiger partial charge in [0.25, 0.3) is 0 Å². The zero-order valence-corrected chi connectivity index (χ0v) is 8.43. The van der Waals surface area contributed by atoms with Crippen LogP contribution in [0.4, 0.5) is 0 Å². The highest BCUT2D eigenvalue weighted by Crippen LogP contribution is 2.07. The number of hydrogen-bond donors (Lipinski definition) is 2. The van der Waals surface area contributed by atoms with Crippen molar-refractivity contribution in [2.75, 3.05) is 0 Å². The summed E-state index contributed by atoms with van der Waals surface area (Å²) in [6, 6.07) is 5.83. The second-order valence-electron chi connectivity index (χ2n) is 3.44. The van der Waals surface area contributed by atoms with Crippen molar-refractivity contribution in [1.82, 2.24) is 0 Å². The Labute approximate surface area is 87.7 Å². The largest absolute Gasteiger partial charge is 0.480 e. The van der Waals surface area contributed by atoms with Crippen molar-refractivity contribution in [2.45, 2.75) is 19.4 Å². The van der Waals surface area contributed by atoms with Gasteiger partial charge in [0.1, 0.15) is 6.04 Å². The van der Waals surface area contributed by atoms with Crippen molar-refractivity contribution in [2.24, 2.45) is 5.73 Å². The minimum atomic E-state index is -1.16. The van der Waals surface area contributed by atoms with Crippen LogP contribution in [0.5, 0.6) is 0 Å². The van der Waals surface area contributed by atoms with E-state index in [1.165, 1.54) is 0 Å². The number of rotatable bonds is 4. The van der Waals surface area contributed by atoms with Crippen molar-refractivity contribution < 1.29 is 14.7 Å². The summed E-state index contributed by atoms with van der Waals surface area (Å²) in [5.41, 5.74) is 6.81. The predicted octanol–water partition coefficient (Wildman–Crippen LogP) is 0.980. The number of carboxylic acid groups (broad SMARTS) is 1. The summed E-state index contributed by atoms with van der Waals surface area (Å²) in [5.74, 6) is -1.40. The zero-order chi connectivity index (χ0) is 11.4. The van der Waals surface area contributed by atoms with Crippen LogP contribution in [0.2, 0.25) is 0 Å². The lowest BCUT2D eigenvalue weighted by Crippen LogP contribution is -2.32. The van der Waals surface area contributed by atoms with Crippen molar-refractivity contribution in [3.05, 3.63) is 35.4 Å². The Morgan fingerprint density at radius 1 is 1.33 bits per heavy atom. The van der Waals surface area contributed by atoms with E-state index in [1.807, 2.05) is 6.92 Å². The minimum absolute atomic E-state index is 0.168. The fraction of sp³-hybridized carbons (Fsp3) is 0.273. The second-order valence-corrected chi connectivity index (χ2v) is 3.44. The minimum Gasteiger partial charge on any atom is -0.480 e. The monoisotopic (exact) mass is 207 g/mol. The molecule has 0 bridgehead atoms. The molecule has 4 heteroatoms. The Balaban J connectivity index is 2.69. The van der Waals surface area contributed by atoms with Crippen molar-refractivity contribution in [3.8, 4) is 0 Å². The van der Waals surface area contributed by atoms with Crippen molar-refractivity contribution in [1.29, 1.82) is 0 Å². The van der Waals surface area contributed by atoms with E-state index in [2.05, 4.69) is 0 Å². The van der Waals surface area contributed by atoms with E-state index in [0.717, 1.165) is 5.56 Å². The number of carbonyl (C=O) groups is 2. The molecule has 15 heavy (non-hydrogen) atoms. The molecule has 0 heterocycles. The van der Waals surface area contributed by atoms with E-state index in [0.29, 0.717) is 5.56 Å². The Morgan fingerprint density at radius 3 is 2.33 bits per heavy atom. The van der Waals surface area contributed by atoms with Gasteiger partial charge in [0.15, 0.2) is 5.78 Å². The van der Waals surface area contributed by atoms with Gasteiger partial charge < -0.3 is 10.8 Å². The highest BCUT2D eigenvalue weighted by Gasteiger charge is 2.17. The number of aryl methyl sites for hydroxylation is 1. The van der Waals surface area contributed by atoms with Crippen LogP contribution in [0.1, 0.15) is 22.3 Å². The molecule has 0 radical (unpaired) electrons. The highest BCUT2D eigenvalue weighted by molar-refractivity contribution is 5.98. The van der Waals surface area contributed by atoms with Gasteiger partial charge in [-0.3, -0.25) is 9.59 Å². The molecule has 0 unspecified atom stereocenters. The average Bonchev–Trinajstić information content (AvgIpc) is 2.18. The molecule has 0 fully saturated rings. The number of nitrogens with two attached hydrogens (primary N) is 1. The van der Waals surface area contributed by atoms with E-state index in [-0.39, 0.29) is 12.2 Å². The number of Topliss-reactive ketones (excluding diaryl/α,β-unsaturated/α-hetero) is 1. The smallest absolute Gasteiger partial charge is 0.320 e. The SMILES string of the molecule is Cc1ccc(C(=O)C[C@@H](N)C(=O)O)cc1. The topological polar surface area (TPSA) is 80.4 Å². The maximum atomic E-state index is 11.5. The Hall–Kier alpha value is -1.68. The summed E-state index contributed by atoms with van der Waals surface area (Å²) in [7, 11) is 0. The molecular weight excluding hydrogens is 194 g/mol. The first-order chi connectivity index (χ1) is 7.00. The van der Waals surface area contributed by atoms with Crippen LogP contribution in [0, 0.1) is 6.92 Å². The third-order valence-corrected chi connectivity index (χ3v) is 2.10. The summed E-state index contributed by atoms with van der Waals surface area (Å²) in [6.45, 7) is 1.91. The molecular formula is C11H13NO3.